The Bertz CT molecular complexity index is 401. The van der Waals surface area contributed by atoms with E-state index in [0.717, 1.165) is 11.1 Å². The van der Waals surface area contributed by atoms with Gasteiger partial charge in [-0.3, -0.25) is 0 Å². The lowest BCUT2D eigenvalue weighted by atomic mass is 10.2. The van der Waals surface area contributed by atoms with Crippen LogP contribution in [0, 0.1) is 0 Å². The standard InChI is InChI=1S/C14H14OS2/c16-13(11-7-3-1-4-8-11)15-14(17)12-9-5-2-6-10-12/h1-10,13-14,16-17H. The van der Waals surface area contributed by atoms with Crippen LogP contribution in [0.4, 0.5) is 0 Å². The highest BCUT2D eigenvalue weighted by molar-refractivity contribution is 7.81. The summed E-state index contributed by atoms with van der Waals surface area (Å²) in [7, 11) is 0. The zero-order valence-corrected chi connectivity index (χ0v) is 11.0. The minimum absolute atomic E-state index is 0.265. The molecule has 0 saturated heterocycles. The van der Waals surface area contributed by atoms with Crippen LogP contribution in [0.15, 0.2) is 60.7 Å². The molecule has 2 atom stereocenters. The van der Waals surface area contributed by atoms with Crippen LogP contribution in [0.3, 0.4) is 0 Å². The van der Waals surface area contributed by atoms with Crippen LogP contribution >= 0.6 is 25.3 Å². The maximum absolute atomic E-state index is 5.75. The van der Waals surface area contributed by atoms with Gasteiger partial charge >= 0.3 is 0 Å². The maximum atomic E-state index is 5.75. The Balaban J connectivity index is 2.02. The summed E-state index contributed by atoms with van der Waals surface area (Å²) >= 11 is 8.88. The molecule has 0 heterocycles. The minimum Gasteiger partial charge on any atom is -0.345 e. The van der Waals surface area contributed by atoms with E-state index in [1.165, 1.54) is 0 Å². The summed E-state index contributed by atoms with van der Waals surface area (Å²) in [6.45, 7) is 0. The van der Waals surface area contributed by atoms with Gasteiger partial charge in [0.25, 0.3) is 0 Å². The second-order valence-corrected chi connectivity index (χ2v) is 4.60. The molecule has 0 aliphatic carbocycles. The lowest BCUT2D eigenvalue weighted by molar-refractivity contribution is 0.0947. The van der Waals surface area contributed by atoms with Gasteiger partial charge in [0, 0.05) is 0 Å². The quantitative estimate of drug-likeness (QED) is 0.618. The van der Waals surface area contributed by atoms with Crippen LogP contribution in [-0.2, 0) is 4.74 Å². The predicted molar refractivity (Wildman–Crippen MR) is 77.4 cm³/mol. The molecule has 3 heteroatoms. The first-order valence-electron chi connectivity index (χ1n) is 5.39. The zero-order valence-electron chi connectivity index (χ0n) is 9.23. The number of hydrogen-bond acceptors (Lipinski definition) is 3. The van der Waals surface area contributed by atoms with Crippen LogP contribution in [0.1, 0.15) is 22.0 Å². The number of benzene rings is 2. The molecule has 0 amide bonds. The van der Waals surface area contributed by atoms with Crippen molar-refractivity contribution in [2.45, 2.75) is 10.9 Å². The fourth-order valence-corrected chi connectivity index (χ4v) is 2.20. The first-order chi connectivity index (χ1) is 8.27. The Labute approximate surface area is 113 Å². The van der Waals surface area contributed by atoms with E-state index >= 15 is 0 Å². The molecular weight excluding hydrogens is 248 g/mol. The van der Waals surface area contributed by atoms with Crippen molar-refractivity contribution in [2.24, 2.45) is 0 Å². The van der Waals surface area contributed by atoms with Crippen molar-refractivity contribution >= 4 is 25.3 Å². The largest absolute Gasteiger partial charge is 0.345 e. The summed E-state index contributed by atoms with van der Waals surface area (Å²) in [4.78, 5) is 0. The Morgan fingerprint density at radius 3 is 1.35 bits per heavy atom. The van der Waals surface area contributed by atoms with Crippen LogP contribution in [0.5, 0.6) is 0 Å². The van der Waals surface area contributed by atoms with Crippen molar-refractivity contribution in [3.05, 3.63) is 71.8 Å². The predicted octanol–water partition coefficient (Wildman–Crippen LogP) is 4.26. The molecule has 2 aromatic rings. The van der Waals surface area contributed by atoms with Crippen molar-refractivity contribution in [2.75, 3.05) is 0 Å². The third-order valence-electron chi connectivity index (χ3n) is 2.43. The lowest BCUT2D eigenvalue weighted by Crippen LogP contribution is -2.01. The minimum atomic E-state index is -0.265. The van der Waals surface area contributed by atoms with Crippen molar-refractivity contribution in [3.8, 4) is 0 Å². The molecular formula is C14H14OS2. The van der Waals surface area contributed by atoms with E-state index in [2.05, 4.69) is 25.3 Å². The lowest BCUT2D eigenvalue weighted by Gasteiger charge is -2.18. The Morgan fingerprint density at radius 1 is 0.647 bits per heavy atom. The summed E-state index contributed by atoms with van der Waals surface area (Å²) in [6.07, 6.45) is 0. The summed E-state index contributed by atoms with van der Waals surface area (Å²) in [6, 6.07) is 19.8. The topological polar surface area (TPSA) is 9.23 Å². The van der Waals surface area contributed by atoms with E-state index in [-0.39, 0.29) is 10.9 Å². The summed E-state index contributed by atoms with van der Waals surface area (Å²) in [5.41, 5.74) is 1.54. The van der Waals surface area contributed by atoms with Crippen molar-refractivity contribution in [1.82, 2.24) is 0 Å². The second-order valence-electron chi connectivity index (χ2n) is 3.66. The molecule has 0 bridgehead atoms. The van der Waals surface area contributed by atoms with E-state index in [1.807, 2.05) is 60.7 Å². The SMILES string of the molecule is SC(OC(S)c1ccccc1)c1ccccc1. The third kappa shape index (κ3) is 3.53. The number of ether oxygens (including phenoxy) is 1. The average molecular weight is 262 g/mol. The smallest absolute Gasteiger partial charge is 0.127 e. The highest BCUT2D eigenvalue weighted by Gasteiger charge is 2.13. The maximum Gasteiger partial charge on any atom is 0.127 e. The van der Waals surface area contributed by atoms with E-state index in [0.29, 0.717) is 0 Å². The van der Waals surface area contributed by atoms with Crippen LogP contribution < -0.4 is 0 Å². The molecule has 88 valence electrons. The van der Waals surface area contributed by atoms with E-state index in [9.17, 15) is 0 Å². The van der Waals surface area contributed by atoms with Crippen LogP contribution in [0.2, 0.25) is 0 Å². The molecule has 0 aromatic heterocycles. The van der Waals surface area contributed by atoms with Gasteiger partial charge in [-0.05, 0) is 11.1 Å². The normalized spacial score (nSPS) is 14.2. The Hall–Kier alpha value is -0.900. The van der Waals surface area contributed by atoms with Gasteiger partial charge in [0.1, 0.15) is 10.9 Å². The highest BCUT2D eigenvalue weighted by Crippen LogP contribution is 2.31. The van der Waals surface area contributed by atoms with E-state index in [1.54, 1.807) is 0 Å². The Kier molecular flexibility index (Phi) is 4.54. The molecule has 0 fully saturated rings. The number of hydrogen-bond donors (Lipinski definition) is 2. The fraction of sp³-hybridized carbons (Fsp3) is 0.143. The first kappa shape index (κ1) is 12.6. The molecule has 17 heavy (non-hydrogen) atoms. The van der Waals surface area contributed by atoms with Gasteiger partial charge in [-0.15, -0.1) is 25.3 Å². The van der Waals surface area contributed by atoms with Crippen LogP contribution in [-0.4, -0.2) is 0 Å². The Morgan fingerprint density at radius 2 is 1.00 bits per heavy atom. The molecule has 0 spiro atoms. The van der Waals surface area contributed by atoms with Crippen molar-refractivity contribution in [3.63, 3.8) is 0 Å². The molecule has 1 nitrogen and oxygen atoms in total. The van der Waals surface area contributed by atoms with Gasteiger partial charge in [0.2, 0.25) is 0 Å². The van der Waals surface area contributed by atoms with Gasteiger partial charge in [-0.2, -0.15) is 0 Å². The molecule has 2 unspecified atom stereocenters. The molecule has 0 N–H and O–H groups in total. The molecule has 0 aliphatic rings. The summed E-state index contributed by atoms with van der Waals surface area (Å²) < 4.78 is 5.75. The monoisotopic (exact) mass is 262 g/mol. The molecule has 0 saturated carbocycles. The van der Waals surface area contributed by atoms with Gasteiger partial charge in [0.05, 0.1) is 0 Å². The van der Waals surface area contributed by atoms with Crippen molar-refractivity contribution in [1.29, 1.82) is 0 Å². The van der Waals surface area contributed by atoms with Gasteiger partial charge < -0.3 is 4.74 Å². The van der Waals surface area contributed by atoms with Crippen LogP contribution in [0.25, 0.3) is 0 Å². The van der Waals surface area contributed by atoms with Crippen molar-refractivity contribution < 1.29 is 4.74 Å². The van der Waals surface area contributed by atoms with Gasteiger partial charge in [-0.1, -0.05) is 60.7 Å². The fourth-order valence-electron chi connectivity index (χ4n) is 1.51. The summed E-state index contributed by atoms with van der Waals surface area (Å²) in [5.74, 6) is 0. The van der Waals surface area contributed by atoms with Gasteiger partial charge in [0.15, 0.2) is 0 Å². The van der Waals surface area contributed by atoms with E-state index in [4.69, 9.17) is 4.74 Å². The molecule has 0 aliphatic heterocycles. The first-order valence-corrected chi connectivity index (χ1v) is 6.42. The zero-order chi connectivity index (χ0) is 12.1. The molecule has 2 rings (SSSR count). The van der Waals surface area contributed by atoms with E-state index < -0.39 is 0 Å². The number of thiol groups is 2. The average Bonchev–Trinajstić information content (AvgIpc) is 2.40. The van der Waals surface area contributed by atoms with Gasteiger partial charge in [-0.25, -0.2) is 0 Å². The third-order valence-corrected chi connectivity index (χ3v) is 3.27. The molecule has 2 aromatic carbocycles. The second kappa shape index (κ2) is 6.15. The summed E-state index contributed by atoms with van der Waals surface area (Å²) in [5, 5.41) is 0. The highest BCUT2D eigenvalue weighted by atomic mass is 32.1. The molecule has 0 radical (unpaired) electrons. The number of rotatable bonds is 4.